The molecule has 0 aromatic heterocycles. The predicted octanol–water partition coefficient (Wildman–Crippen LogP) is 8.31. The molecule has 1 aromatic rings. The third-order valence-corrected chi connectivity index (χ3v) is 7.24. The Hall–Kier alpha value is -1.39. The van der Waals surface area contributed by atoms with Crippen LogP contribution in [0.5, 0.6) is 0 Å². The van der Waals surface area contributed by atoms with Crippen molar-refractivity contribution in [2.45, 2.75) is 76.8 Å². The monoisotopic (exact) mass is 428 g/mol. The van der Waals surface area contributed by atoms with Crippen molar-refractivity contribution in [1.82, 2.24) is 0 Å². The standard InChI is InChI=1S/C25H33F5/c26-16-2-1-3-18-6-11-21(12-7-18)22-13-8-19(9-14-22)4-5-20-10-15-23(24(27)17-20)25(28,29)30/h1,3,10,15,17-19,21-22H,2,4-9,11-14,16H2/b3-1+/t18-,19?,21-,22?. The highest BCUT2D eigenvalue weighted by atomic mass is 19.4. The Morgan fingerprint density at radius 2 is 1.53 bits per heavy atom. The van der Waals surface area contributed by atoms with Gasteiger partial charge in [-0.3, -0.25) is 4.39 Å². The third kappa shape index (κ3) is 6.55. The number of hydrogen-bond acceptors (Lipinski definition) is 0. The van der Waals surface area contributed by atoms with Crippen LogP contribution in [0.3, 0.4) is 0 Å². The maximum Gasteiger partial charge on any atom is 0.419 e. The molecule has 0 saturated heterocycles. The van der Waals surface area contributed by atoms with Gasteiger partial charge in [-0.2, -0.15) is 13.2 Å². The quantitative estimate of drug-likeness (QED) is 0.303. The van der Waals surface area contributed by atoms with E-state index in [2.05, 4.69) is 6.08 Å². The average molecular weight is 429 g/mol. The molecule has 0 aliphatic heterocycles. The summed E-state index contributed by atoms with van der Waals surface area (Å²) >= 11 is 0. The van der Waals surface area contributed by atoms with Crippen LogP contribution in [0.25, 0.3) is 0 Å². The Labute approximate surface area is 176 Å². The van der Waals surface area contributed by atoms with Crippen molar-refractivity contribution in [2.24, 2.45) is 23.7 Å². The van der Waals surface area contributed by atoms with Crippen LogP contribution in [0.15, 0.2) is 30.4 Å². The van der Waals surface area contributed by atoms with Crippen molar-refractivity contribution in [3.8, 4) is 0 Å². The number of allylic oxidation sites excluding steroid dienone is 2. The van der Waals surface area contributed by atoms with Crippen molar-refractivity contribution < 1.29 is 22.0 Å². The van der Waals surface area contributed by atoms with Gasteiger partial charge in [0.15, 0.2) is 0 Å². The molecule has 0 amide bonds. The first kappa shape index (κ1) is 23.3. The van der Waals surface area contributed by atoms with Gasteiger partial charge >= 0.3 is 6.18 Å². The van der Waals surface area contributed by atoms with Gasteiger partial charge in [-0.1, -0.05) is 31.1 Å². The lowest BCUT2D eigenvalue weighted by Gasteiger charge is -2.37. The second-order valence-electron chi connectivity index (χ2n) is 9.21. The summed E-state index contributed by atoms with van der Waals surface area (Å²) in [5.41, 5.74) is -0.527. The van der Waals surface area contributed by atoms with E-state index in [0.29, 0.717) is 30.2 Å². The van der Waals surface area contributed by atoms with Crippen molar-refractivity contribution >= 4 is 0 Å². The average Bonchev–Trinajstić information content (AvgIpc) is 2.72. The molecule has 0 radical (unpaired) electrons. The van der Waals surface area contributed by atoms with Gasteiger partial charge in [0.05, 0.1) is 12.2 Å². The fourth-order valence-electron chi connectivity index (χ4n) is 5.42. The highest BCUT2D eigenvalue weighted by Crippen LogP contribution is 2.42. The van der Waals surface area contributed by atoms with E-state index in [4.69, 9.17) is 0 Å². The molecule has 0 N–H and O–H groups in total. The van der Waals surface area contributed by atoms with E-state index in [1.807, 2.05) is 6.08 Å². The van der Waals surface area contributed by atoms with Gasteiger partial charge in [-0.25, -0.2) is 4.39 Å². The maximum absolute atomic E-state index is 13.7. The normalized spacial score (nSPS) is 28.2. The molecule has 5 heteroatoms. The van der Waals surface area contributed by atoms with Crippen LogP contribution in [-0.2, 0) is 12.6 Å². The van der Waals surface area contributed by atoms with E-state index in [9.17, 15) is 22.0 Å². The van der Waals surface area contributed by atoms with Crippen LogP contribution in [0, 0.1) is 29.5 Å². The van der Waals surface area contributed by atoms with E-state index in [1.54, 1.807) is 0 Å². The number of benzene rings is 1. The molecule has 30 heavy (non-hydrogen) atoms. The number of halogens is 5. The predicted molar refractivity (Wildman–Crippen MR) is 110 cm³/mol. The summed E-state index contributed by atoms with van der Waals surface area (Å²) in [4.78, 5) is 0. The molecule has 0 atom stereocenters. The fourth-order valence-corrected chi connectivity index (χ4v) is 5.42. The number of hydrogen-bond donors (Lipinski definition) is 0. The van der Waals surface area contributed by atoms with E-state index in [1.165, 1.54) is 57.4 Å². The topological polar surface area (TPSA) is 0 Å². The summed E-state index contributed by atoms with van der Waals surface area (Å²) < 4.78 is 64.0. The molecule has 0 heterocycles. The summed E-state index contributed by atoms with van der Waals surface area (Å²) in [5, 5.41) is 0. The summed E-state index contributed by atoms with van der Waals surface area (Å²) in [7, 11) is 0. The number of aryl methyl sites for hydroxylation is 1. The Balaban J connectivity index is 1.39. The second-order valence-corrected chi connectivity index (χ2v) is 9.21. The molecule has 0 nitrogen and oxygen atoms in total. The van der Waals surface area contributed by atoms with Gasteiger partial charge in [0.1, 0.15) is 5.82 Å². The van der Waals surface area contributed by atoms with E-state index >= 15 is 0 Å². The van der Waals surface area contributed by atoms with Crippen LogP contribution in [0.4, 0.5) is 22.0 Å². The molecule has 1 aromatic carbocycles. The largest absolute Gasteiger partial charge is 0.419 e. The molecule has 168 valence electrons. The van der Waals surface area contributed by atoms with E-state index < -0.39 is 17.6 Å². The van der Waals surface area contributed by atoms with Gasteiger partial charge in [0.2, 0.25) is 0 Å². The molecule has 0 spiro atoms. The van der Waals surface area contributed by atoms with Crippen LogP contribution in [0.1, 0.15) is 75.3 Å². The van der Waals surface area contributed by atoms with Crippen molar-refractivity contribution in [2.75, 3.05) is 6.67 Å². The highest BCUT2D eigenvalue weighted by molar-refractivity contribution is 5.26. The smallest absolute Gasteiger partial charge is 0.251 e. The second kappa shape index (κ2) is 10.8. The van der Waals surface area contributed by atoms with Crippen LogP contribution in [0.2, 0.25) is 0 Å². The zero-order chi connectivity index (χ0) is 21.6. The molecule has 3 rings (SSSR count). The van der Waals surface area contributed by atoms with Crippen molar-refractivity contribution in [1.29, 1.82) is 0 Å². The Morgan fingerprint density at radius 1 is 0.900 bits per heavy atom. The number of alkyl halides is 4. The van der Waals surface area contributed by atoms with E-state index in [-0.39, 0.29) is 6.67 Å². The lowest BCUT2D eigenvalue weighted by Crippen LogP contribution is -2.25. The SMILES string of the molecule is FCC/C=C/[C@H]1CC[C@H](C2CCC(CCc3ccc(C(F)(F)F)c(F)c3)CC2)CC1. The molecule has 2 fully saturated rings. The Bertz CT molecular complexity index is 677. The molecule has 2 aliphatic rings. The van der Waals surface area contributed by atoms with Crippen LogP contribution in [-0.4, -0.2) is 6.67 Å². The Morgan fingerprint density at radius 3 is 2.10 bits per heavy atom. The minimum Gasteiger partial charge on any atom is -0.251 e. The summed E-state index contributed by atoms with van der Waals surface area (Å²) in [5.74, 6) is 1.64. The van der Waals surface area contributed by atoms with Gasteiger partial charge < -0.3 is 0 Å². The first-order chi connectivity index (χ1) is 14.4. The summed E-state index contributed by atoms with van der Waals surface area (Å²) in [6.07, 6.45) is 11.4. The van der Waals surface area contributed by atoms with Crippen molar-refractivity contribution in [3.63, 3.8) is 0 Å². The lowest BCUT2D eigenvalue weighted by molar-refractivity contribution is -0.140. The molecular formula is C25H33F5. The maximum atomic E-state index is 13.7. The molecule has 2 saturated carbocycles. The van der Waals surface area contributed by atoms with Crippen LogP contribution < -0.4 is 0 Å². The molecular weight excluding hydrogens is 395 g/mol. The molecule has 0 bridgehead atoms. The van der Waals surface area contributed by atoms with E-state index in [0.717, 1.165) is 30.4 Å². The minimum absolute atomic E-state index is 0.275. The minimum atomic E-state index is -4.63. The third-order valence-electron chi connectivity index (χ3n) is 7.24. The molecule has 0 unspecified atom stereocenters. The summed E-state index contributed by atoms with van der Waals surface area (Å²) in [6.45, 7) is -0.275. The van der Waals surface area contributed by atoms with Gasteiger partial charge in [0.25, 0.3) is 0 Å². The zero-order valence-corrected chi connectivity index (χ0v) is 17.6. The Kier molecular flexibility index (Phi) is 8.35. The van der Waals surface area contributed by atoms with Crippen molar-refractivity contribution in [3.05, 3.63) is 47.3 Å². The molecule has 2 aliphatic carbocycles. The fraction of sp³-hybridized carbons (Fsp3) is 0.680. The first-order valence-electron chi connectivity index (χ1n) is 11.4. The highest BCUT2D eigenvalue weighted by Gasteiger charge is 2.34. The van der Waals surface area contributed by atoms with Crippen LogP contribution >= 0.6 is 0 Å². The summed E-state index contributed by atoms with van der Waals surface area (Å²) in [6, 6.07) is 3.33. The van der Waals surface area contributed by atoms with Gasteiger partial charge in [-0.05, 0) is 99.2 Å². The van der Waals surface area contributed by atoms with Gasteiger partial charge in [-0.15, -0.1) is 0 Å². The number of rotatable bonds is 7. The first-order valence-corrected chi connectivity index (χ1v) is 11.4. The lowest BCUT2D eigenvalue weighted by atomic mass is 9.68. The zero-order valence-electron chi connectivity index (χ0n) is 17.6. The van der Waals surface area contributed by atoms with Gasteiger partial charge in [0, 0.05) is 0 Å².